The lowest BCUT2D eigenvalue weighted by Gasteiger charge is -2.16. The van der Waals surface area contributed by atoms with Crippen molar-refractivity contribution in [3.05, 3.63) is 68.7 Å². The summed E-state index contributed by atoms with van der Waals surface area (Å²) in [6.45, 7) is 0.190. The molecule has 0 spiro atoms. The van der Waals surface area contributed by atoms with Crippen molar-refractivity contribution in [2.45, 2.75) is 13.0 Å². The van der Waals surface area contributed by atoms with Gasteiger partial charge in [-0.15, -0.1) is 11.6 Å². The number of non-ortho nitro benzene ring substituents is 1. The molecule has 2 aromatic rings. The van der Waals surface area contributed by atoms with E-state index in [1.165, 1.54) is 23.1 Å². The molecule has 0 N–H and O–H groups in total. The van der Waals surface area contributed by atoms with E-state index >= 15 is 0 Å². The maximum absolute atomic E-state index is 12.9. The second-order valence-corrected chi connectivity index (χ2v) is 6.63. The molecule has 0 saturated carbocycles. The fourth-order valence-electron chi connectivity index (χ4n) is 2.65. The molecule has 0 unspecified atom stereocenters. The average molecular weight is 422 g/mol. The van der Waals surface area contributed by atoms with E-state index in [2.05, 4.69) is 5.16 Å². The summed E-state index contributed by atoms with van der Waals surface area (Å²) < 4.78 is 0. The molecule has 0 saturated heterocycles. The highest BCUT2D eigenvalue weighted by Gasteiger charge is 2.36. The van der Waals surface area contributed by atoms with Crippen molar-refractivity contribution in [3.63, 3.8) is 0 Å². The van der Waals surface area contributed by atoms with Gasteiger partial charge in [-0.25, -0.2) is 4.79 Å². The summed E-state index contributed by atoms with van der Waals surface area (Å²) in [5.41, 5.74) is 1.04. The third-order valence-electron chi connectivity index (χ3n) is 3.98. The molecule has 0 atom stereocenters. The van der Waals surface area contributed by atoms with Crippen molar-refractivity contribution in [3.8, 4) is 0 Å². The van der Waals surface area contributed by atoms with Crippen LogP contribution in [0.2, 0.25) is 5.02 Å². The second kappa shape index (κ2) is 8.37. The van der Waals surface area contributed by atoms with E-state index in [0.29, 0.717) is 10.7 Å². The number of fused-ring (bicyclic) bond motifs is 1. The van der Waals surface area contributed by atoms with Crippen LogP contribution in [0.5, 0.6) is 0 Å². The Balaban J connectivity index is 1.98. The van der Waals surface area contributed by atoms with Crippen LogP contribution in [0.1, 0.15) is 17.5 Å². The number of rotatable bonds is 6. The molecule has 0 aliphatic carbocycles. The summed E-state index contributed by atoms with van der Waals surface area (Å²) in [7, 11) is 0. The van der Waals surface area contributed by atoms with Gasteiger partial charge in [0.25, 0.3) is 11.6 Å². The van der Waals surface area contributed by atoms with Gasteiger partial charge in [-0.05, 0) is 23.8 Å². The lowest BCUT2D eigenvalue weighted by molar-refractivity contribution is -0.384. The minimum Gasteiger partial charge on any atom is -0.317 e. The molecule has 1 aliphatic heterocycles. The molecule has 0 fully saturated rings. The fourth-order valence-corrected chi connectivity index (χ4v) is 2.93. The number of halogens is 2. The Kier molecular flexibility index (Phi) is 5.91. The lowest BCUT2D eigenvalue weighted by Crippen LogP contribution is -2.29. The molecule has 10 heteroatoms. The number of alkyl halides is 1. The van der Waals surface area contributed by atoms with Gasteiger partial charge < -0.3 is 9.74 Å². The Bertz CT molecular complexity index is 976. The predicted molar refractivity (Wildman–Crippen MR) is 104 cm³/mol. The summed E-state index contributed by atoms with van der Waals surface area (Å²) in [4.78, 5) is 41.1. The summed E-state index contributed by atoms with van der Waals surface area (Å²) in [6.07, 6.45) is -0.0805. The van der Waals surface area contributed by atoms with Crippen LogP contribution < -0.4 is 4.90 Å². The van der Waals surface area contributed by atoms with E-state index in [0.717, 1.165) is 5.56 Å². The quantitative estimate of drug-likeness (QED) is 0.306. The topological polar surface area (TPSA) is 102 Å². The molecule has 8 nitrogen and oxygen atoms in total. The third kappa shape index (κ3) is 4.13. The summed E-state index contributed by atoms with van der Waals surface area (Å²) in [5.74, 6) is -1.20. The Hall–Kier alpha value is -2.97. The number of oxime groups is 1. The van der Waals surface area contributed by atoms with Crippen LogP contribution >= 0.6 is 23.2 Å². The highest BCUT2D eigenvalue weighted by Crippen LogP contribution is 2.34. The predicted octanol–water partition coefficient (Wildman–Crippen LogP) is 3.67. The van der Waals surface area contributed by atoms with Gasteiger partial charge in [0.2, 0.25) is 0 Å². The number of hydrogen-bond acceptors (Lipinski definition) is 6. The van der Waals surface area contributed by atoms with Gasteiger partial charge in [-0.2, -0.15) is 0 Å². The molecular formula is C18H13Cl2N3O5. The van der Waals surface area contributed by atoms with Crippen LogP contribution in [0.25, 0.3) is 0 Å². The van der Waals surface area contributed by atoms with Gasteiger partial charge in [0.1, 0.15) is 0 Å². The molecule has 1 aliphatic rings. The zero-order chi connectivity index (χ0) is 20.3. The number of nitrogens with zero attached hydrogens (tertiary/aromatic N) is 3. The van der Waals surface area contributed by atoms with Gasteiger partial charge >= 0.3 is 5.97 Å². The van der Waals surface area contributed by atoms with E-state index in [1.54, 1.807) is 24.3 Å². The van der Waals surface area contributed by atoms with Gasteiger partial charge in [-0.3, -0.25) is 14.9 Å². The van der Waals surface area contributed by atoms with E-state index in [9.17, 15) is 19.7 Å². The van der Waals surface area contributed by atoms with Crippen molar-refractivity contribution in [2.24, 2.45) is 5.16 Å². The van der Waals surface area contributed by atoms with Crippen molar-refractivity contribution < 1.29 is 19.3 Å². The third-order valence-corrected chi connectivity index (χ3v) is 4.42. The number of carbonyl (C=O) groups excluding carboxylic acids is 2. The number of nitro benzene ring substituents is 1. The molecule has 144 valence electrons. The molecule has 1 amide bonds. The number of nitro groups is 1. The van der Waals surface area contributed by atoms with Gasteiger partial charge in [-0.1, -0.05) is 28.9 Å². The number of benzene rings is 2. The number of anilines is 1. The first-order chi connectivity index (χ1) is 13.4. The van der Waals surface area contributed by atoms with Crippen molar-refractivity contribution >= 4 is 52.2 Å². The highest BCUT2D eigenvalue weighted by atomic mass is 35.5. The Morgan fingerprint density at radius 2 is 1.93 bits per heavy atom. The van der Waals surface area contributed by atoms with Crippen LogP contribution in [0, 0.1) is 10.1 Å². The van der Waals surface area contributed by atoms with Gasteiger partial charge in [0.05, 0.1) is 23.6 Å². The number of amides is 1. The molecule has 0 aromatic heterocycles. The largest absolute Gasteiger partial charge is 0.336 e. The average Bonchev–Trinajstić information content (AvgIpc) is 2.93. The maximum Gasteiger partial charge on any atom is 0.336 e. The normalized spacial score (nSPS) is 14.3. The zero-order valence-electron chi connectivity index (χ0n) is 14.3. The lowest BCUT2D eigenvalue weighted by atomic mass is 10.1. The monoisotopic (exact) mass is 421 g/mol. The van der Waals surface area contributed by atoms with Crippen LogP contribution in [0.4, 0.5) is 11.4 Å². The van der Waals surface area contributed by atoms with Crippen molar-refractivity contribution in [2.75, 3.05) is 10.8 Å². The van der Waals surface area contributed by atoms with Crippen LogP contribution in [0.3, 0.4) is 0 Å². The second-order valence-electron chi connectivity index (χ2n) is 5.82. The first-order valence-corrected chi connectivity index (χ1v) is 9.01. The Labute approximate surface area is 169 Å². The summed E-state index contributed by atoms with van der Waals surface area (Å²) in [6, 6.07) is 10.9. The van der Waals surface area contributed by atoms with E-state index in [1.807, 2.05) is 0 Å². The maximum atomic E-state index is 12.9. The number of hydrogen-bond donors (Lipinski definition) is 0. The smallest absolute Gasteiger partial charge is 0.317 e. The Morgan fingerprint density at radius 1 is 1.21 bits per heavy atom. The van der Waals surface area contributed by atoms with Crippen LogP contribution in [-0.2, 0) is 21.0 Å². The Morgan fingerprint density at radius 3 is 2.57 bits per heavy atom. The molecule has 3 rings (SSSR count). The minimum atomic E-state index is -0.710. The van der Waals surface area contributed by atoms with Crippen LogP contribution in [0.15, 0.2) is 47.6 Å². The molecule has 0 bridgehead atoms. The molecule has 1 heterocycles. The van der Waals surface area contributed by atoms with Gasteiger partial charge in [0, 0.05) is 28.6 Å². The molecule has 0 radical (unpaired) electrons. The fraction of sp³-hybridized carbons (Fsp3) is 0.167. The van der Waals surface area contributed by atoms with E-state index in [-0.39, 0.29) is 35.8 Å². The molecule has 2 aromatic carbocycles. The van der Waals surface area contributed by atoms with E-state index in [4.69, 9.17) is 28.0 Å². The highest BCUT2D eigenvalue weighted by molar-refractivity contribution is 6.54. The number of carbonyl (C=O) groups is 2. The van der Waals surface area contributed by atoms with Crippen molar-refractivity contribution in [1.82, 2.24) is 0 Å². The van der Waals surface area contributed by atoms with Gasteiger partial charge in [0.15, 0.2) is 5.71 Å². The molecular weight excluding hydrogens is 409 g/mol. The SMILES string of the molecule is O=C(CCCl)O/N=C1\C(=O)N(Cc2ccc(Cl)cc2)c2ccc([N+](=O)[O-])cc21. The zero-order valence-corrected chi connectivity index (χ0v) is 15.8. The van der Waals surface area contributed by atoms with Crippen LogP contribution in [-0.4, -0.2) is 28.4 Å². The minimum absolute atomic E-state index is 0.0440. The summed E-state index contributed by atoms with van der Waals surface area (Å²) in [5, 5.41) is 15.3. The first kappa shape index (κ1) is 19.8. The summed E-state index contributed by atoms with van der Waals surface area (Å²) >= 11 is 11.4. The van der Waals surface area contributed by atoms with Crippen molar-refractivity contribution in [1.29, 1.82) is 0 Å². The van der Waals surface area contributed by atoms with E-state index < -0.39 is 16.8 Å². The standard InChI is InChI=1S/C18H13Cl2N3O5/c19-8-7-16(24)28-21-17-14-9-13(23(26)27)5-6-15(14)22(18(17)25)10-11-1-3-12(20)4-2-11/h1-6,9H,7-8,10H2/b21-17-. The first-order valence-electron chi connectivity index (χ1n) is 8.09. The molecule has 28 heavy (non-hydrogen) atoms.